The quantitative estimate of drug-likeness (QED) is 0.858. The smallest absolute Gasteiger partial charge is 0.225 e. The second kappa shape index (κ2) is 7.11. The first-order valence-electron chi connectivity index (χ1n) is 8.56. The van der Waals surface area contributed by atoms with E-state index in [-0.39, 0.29) is 23.8 Å². The van der Waals surface area contributed by atoms with E-state index in [2.05, 4.69) is 10.6 Å². The van der Waals surface area contributed by atoms with Crippen molar-refractivity contribution >= 4 is 11.8 Å². The molecule has 0 saturated carbocycles. The average Bonchev–Trinajstić information content (AvgIpc) is 2.92. The third-order valence-corrected chi connectivity index (χ3v) is 4.47. The van der Waals surface area contributed by atoms with Crippen LogP contribution < -0.4 is 20.1 Å². The van der Waals surface area contributed by atoms with E-state index >= 15 is 0 Å². The Morgan fingerprint density at radius 1 is 1.46 bits per heavy atom. The lowest BCUT2D eigenvalue weighted by atomic mass is 9.98. The van der Waals surface area contributed by atoms with Crippen molar-refractivity contribution in [2.75, 3.05) is 13.2 Å². The maximum absolute atomic E-state index is 12.3. The molecule has 2 atom stereocenters. The van der Waals surface area contributed by atoms with E-state index in [0.29, 0.717) is 32.5 Å². The molecule has 1 fully saturated rings. The summed E-state index contributed by atoms with van der Waals surface area (Å²) in [4.78, 5) is 23.5. The lowest BCUT2D eigenvalue weighted by molar-refractivity contribution is -0.129. The Kier molecular flexibility index (Phi) is 4.92. The Labute approximate surface area is 141 Å². The summed E-state index contributed by atoms with van der Waals surface area (Å²) in [6, 6.07) is 3.98. The van der Waals surface area contributed by atoms with Crippen LogP contribution in [0, 0.1) is 5.92 Å². The van der Waals surface area contributed by atoms with E-state index < -0.39 is 0 Å². The number of rotatable bonds is 5. The van der Waals surface area contributed by atoms with E-state index in [1.165, 1.54) is 0 Å². The van der Waals surface area contributed by atoms with Crippen molar-refractivity contribution in [1.82, 2.24) is 10.6 Å². The van der Waals surface area contributed by atoms with Crippen molar-refractivity contribution in [1.29, 1.82) is 0 Å². The molecule has 2 aliphatic heterocycles. The van der Waals surface area contributed by atoms with E-state index in [1.807, 2.05) is 26.0 Å². The number of amides is 2. The minimum absolute atomic E-state index is 0.0163. The highest BCUT2D eigenvalue weighted by molar-refractivity contribution is 5.83. The number of fused-ring (bicyclic) bond motifs is 1. The van der Waals surface area contributed by atoms with Crippen LogP contribution in [0.15, 0.2) is 12.1 Å². The second-order valence-electron chi connectivity index (χ2n) is 6.39. The van der Waals surface area contributed by atoms with Gasteiger partial charge in [-0.3, -0.25) is 9.59 Å². The zero-order chi connectivity index (χ0) is 17.1. The topological polar surface area (TPSA) is 76.7 Å². The minimum atomic E-state index is -0.163. The first-order valence-corrected chi connectivity index (χ1v) is 8.56. The van der Waals surface area contributed by atoms with Crippen LogP contribution in [0.1, 0.15) is 37.8 Å². The summed E-state index contributed by atoms with van der Waals surface area (Å²) in [5.41, 5.74) is 2.06. The molecule has 24 heavy (non-hydrogen) atoms. The zero-order valence-corrected chi connectivity index (χ0v) is 14.2. The van der Waals surface area contributed by atoms with Crippen LogP contribution in [0.25, 0.3) is 0 Å². The number of ether oxygens (including phenoxy) is 2. The van der Waals surface area contributed by atoms with E-state index in [1.54, 1.807) is 0 Å². The van der Waals surface area contributed by atoms with Gasteiger partial charge in [0, 0.05) is 37.1 Å². The number of nitrogens with one attached hydrogen (secondary N) is 2. The second-order valence-corrected chi connectivity index (χ2v) is 6.39. The molecule has 2 heterocycles. The zero-order valence-electron chi connectivity index (χ0n) is 14.2. The van der Waals surface area contributed by atoms with Gasteiger partial charge in [0.1, 0.15) is 17.6 Å². The molecule has 2 N–H and O–H groups in total. The van der Waals surface area contributed by atoms with Gasteiger partial charge in [0.05, 0.1) is 12.5 Å². The van der Waals surface area contributed by atoms with E-state index in [9.17, 15) is 9.59 Å². The number of hydrogen-bond acceptors (Lipinski definition) is 4. The molecule has 130 valence electrons. The van der Waals surface area contributed by atoms with Crippen molar-refractivity contribution in [2.45, 2.75) is 45.8 Å². The van der Waals surface area contributed by atoms with E-state index in [4.69, 9.17) is 9.47 Å². The first kappa shape index (κ1) is 16.6. The molecule has 1 saturated heterocycles. The summed E-state index contributed by atoms with van der Waals surface area (Å²) >= 11 is 0. The van der Waals surface area contributed by atoms with Gasteiger partial charge in [-0.2, -0.15) is 0 Å². The van der Waals surface area contributed by atoms with Crippen LogP contribution in [-0.2, 0) is 22.6 Å². The summed E-state index contributed by atoms with van der Waals surface area (Å²) < 4.78 is 11.5. The van der Waals surface area contributed by atoms with Gasteiger partial charge >= 0.3 is 0 Å². The molecule has 2 aliphatic rings. The molecule has 0 unspecified atom stereocenters. The monoisotopic (exact) mass is 332 g/mol. The van der Waals surface area contributed by atoms with Gasteiger partial charge in [-0.15, -0.1) is 0 Å². The van der Waals surface area contributed by atoms with Crippen molar-refractivity contribution in [3.8, 4) is 11.5 Å². The first-order chi connectivity index (χ1) is 11.6. The van der Waals surface area contributed by atoms with Gasteiger partial charge < -0.3 is 20.1 Å². The summed E-state index contributed by atoms with van der Waals surface area (Å²) in [7, 11) is 0. The average molecular weight is 332 g/mol. The Balaban J connectivity index is 1.67. The summed E-state index contributed by atoms with van der Waals surface area (Å²) in [5, 5.41) is 5.70. The number of carbonyl (C=O) groups is 2. The normalized spacial score (nSPS) is 22.3. The Hall–Kier alpha value is -2.24. The van der Waals surface area contributed by atoms with Crippen molar-refractivity contribution in [3.05, 3.63) is 23.3 Å². The lowest BCUT2D eigenvalue weighted by Crippen LogP contribution is -2.42. The largest absolute Gasteiger partial charge is 0.494 e. The van der Waals surface area contributed by atoms with Crippen LogP contribution in [0.2, 0.25) is 0 Å². The van der Waals surface area contributed by atoms with Crippen LogP contribution in [0.3, 0.4) is 0 Å². The standard InChI is InChI=1S/C18H24N2O4/c1-3-23-15-7-13-6-11(2)24-16(13)8-14(15)10-20-18(22)12-4-5-17(21)19-9-12/h7-8,11-12H,3-6,9-10H2,1-2H3,(H,19,21)(H,20,22)/t11-,12-/m0/s1. The van der Waals surface area contributed by atoms with Crippen LogP contribution >= 0.6 is 0 Å². The van der Waals surface area contributed by atoms with Gasteiger partial charge in [0.15, 0.2) is 0 Å². The number of carbonyl (C=O) groups excluding carboxylic acids is 2. The molecule has 1 aromatic carbocycles. The Bertz CT molecular complexity index is 634. The number of hydrogen-bond donors (Lipinski definition) is 2. The summed E-state index contributed by atoms with van der Waals surface area (Å²) in [5.74, 6) is 1.49. The molecular formula is C18H24N2O4. The highest BCUT2D eigenvalue weighted by atomic mass is 16.5. The molecule has 0 bridgehead atoms. The molecular weight excluding hydrogens is 308 g/mol. The highest BCUT2D eigenvalue weighted by Crippen LogP contribution is 2.35. The molecule has 3 rings (SSSR count). The van der Waals surface area contributed by atoms with Crippen molar-refractivity contribution < 1.29 is 19.1 Å². The highest BCUT2D eigenvalue weighted by Gasteiger charge is 2.25. The molecule has 6 nitrogen and oxygen atoms in total. The summed E-state index contributed by atoms with van der Waals surface area (Å²) in [6.45, 7) is 5.36. The van der Waals surface area contributed by atoms with Crippen LogP contribution in [0.4, 0.5) is 0 Å². The molecule has 2 amide bonds. The fourth-order valence-corrected chi connectivity index (χ4v) is 3.19. The van der Waals surface area contributed by atoms with Gasteiger partial charge in [0.2, 0.25) is 11.8 Å². The van der Waals surface area contributed by atoms with Crippen LogP contribution in [-0.4, -0.2) is 31.1 Å². The Morgan fingerprint density at radius 3 is 3.00 bits per heavy atom. The van der Waals surface area contributed by atoms with Gasteiger partial charge in [-0.1, -0.05) is 0 Å². The number of piperidine rings is 1. The molecule has 1 aromatic rings. The predicted molar refractivity (Wildman–Crippen MR) is 89.0 cm³/mol. The molecule has 6 heteroatoms. The van der Waals surface area contributed by atoms with Gasteiger partial charge in [0.25, 0.3) is 0 Å². The van der Waals surface area contributed by atoms with E-state index in [0.717, 1.165) is 29.0 Å². The lowest BCUT2D eigenvalue weighted by Gasteiger charge is -2.22. The third-order valence-electron chi connectivity index (χ3n) is 4.47. The Morgan fingerprint density at radius 2 is 2.29 bits per heavy atom. The van der Waals surface area contributed by atoms with Crippen molar-refractivity contribution in [3.63, 3.8) is 0 Å². The predicted octanol–water partition coefficient (Wildman–Crippen LogP) is 1.55. The van der Waals surface area contributed by atoms with Crippen molar-refractivity contribution in [2.24, 2.45) is 5.92 Å². The minimum Gasteiger partial charge on any atom is -0.494 e. The third kappa shape index (κ3) is 3.63. The molecule has 0 spiro atoms. The fourth-order valence-electron chi connectivity index (χ4n) is 3.19. The maximum atomic E-state index is 12.3. The molecule has 0 aromatic heterocycles. The summed E-state index contributed by atoms with van der Waals surface area (Å²) in [6.07, 6.45) is 2.06. The molecule has 0 aliphatic carbocycles. The van der Waals surface area contributed by atoms with Gasteiger partial charge in [-0.05, 0) is 32.4 Å². The van der Waals surface area contributed by atoms with Gasteiger partial charge in [-0.25, -0.2) is 0 Å². The fraction of sp³-hybridized carbons (Fsp3) is 0.556. The van der Waals surface area contributed by atoms with Crippen LogP contribution in [0.5, 0.6) is 11.5 Å². The maximum Gasteiger partial charge on any atom is 0.225 e. The number of benzene rings is 1. The SMILES string of the molecule is CCOc1cc2c(cc1CNC(=O)[C@H]1CCC(=O)NC1)O[C@@H](C)C2. The molecule has 0 radical (unpaired) electrons.